The standard InChI is InChI=1S/C16H24N2O3/c1-3-4-8-11-18(2)16(21)17-14(15(19)20)12-13-9-6-5-7-10-13/h5-7,9-10,14H,3-4,8,11-12H2,1-2H3,(H,17,21)(H,19,20)/t14-/m1/s1. The number of carbonyl (C=O) groups is 2. The molecule has 1 aromatic carbocycles. The molecule has 2 N–H and O–H groups in total. The smallest absolute Gasteiger partial charge is 0.326 e. The molecule has 5 nitrogen and oxygen atoms in total. The zero-order valence-electron chi connectivity index (χ0n) is 12.7. The van der Waals surface area contributed by atoms with Crippen LogP contribution < -0.4 is 5.32 Å². The van der Waals surface area contributed by atoms with E-state index in [4.69, 9.17) is 0 Å². The number of urea groups is 1. The molecule has 0 fully saturated rings. The lowest BCUT2D eigenvalue weighted by Crippen LogP contribution is -2.47. The second-order valence-corrected chi connectivity index (χ2v) is 5.16. The van der Waals surface area contributed by atoms with E-state index in [9.17, 15) is 14.7 Å². The summed E-state index contributed by atoms with van der Waals surface area (Å²) in [5.74, 6) is -1.02. The number of carboxylic acids is 1. The third-order valence-corrected chi connectivity index (χ3v) is 3.32. The Morgan fingerprint density at radius 1 is 1.24 bits per heavy atom. The van der Waals surface area contributed by atoms with Gasteiger partial charge in [0, 0.05) is 20.0 Å². The summed E-state index contributed by atoms with van der Waals surface area (Å²) in [7, 11) is 1.69. The molecule has 0 radical (unpaired) electrons. The number of amides is 2. The van der Waals surface area contributed by atoms with E-state index in [1.807, 2.05) is 30.3 Å². The van der Waals surface area contributed by atoms with Gasteiger partial charge in [-0.25, -0.2) is 9.59 Å². The summed E-state index contributed by atoms with van der Waals surface area (Å²) in [4.78, 5) is 24.8. The van der Waals surface area contributed by atoms with Crippen LogP contribution in [-0.4, -0.2) is 41.6 Å². The van der Waals surface area contributed by atoms with Crippen molar-refractivity contribution in [2.24, 2.45) is 0 Å². The van der Waals surface area contributed by atoms with Gasteiger partial charge in [0.05, 0.1) is 0 Å². The van der Waals surface area contributed by atoms with Crippen LogP contribution in [0.4, 0.5) is 4.79 Å². The number of benzene rings is 1. The van der Waals surface area contributed by atoms with E-state index in [1.54, 1.807) is 7.05 Å². The quantitative estimate of drug-likeness (QED) is 0.723. The van der Waals surface area contributed by atoms with Crippen LogP contribution in [0.3, 0.4) is 0 Å². The molecule has 5 heteroatoms. The lowest BCUT2D eigenvalue weighted by Gasteiger charge is -2.21. The van der Waals surface area contributed by atoms with Gasteiger partial charge >= 0.3 is 12.0 Å². The van der Waals surface area contributed by atoms with E-state index in [0.717, 1.165) is 24.8 Å². The Hall–Kier alpha value is -2.04. The molecule has 1 atom stereocenters. The average Bonchev–Trinajstić information content (AvgIpc) is 2.47. The van der Waals surface area contributed by atoms with Crippen molar-refractivity contribution >= 4 is 12.0 Å². The predicted molar refractivity (Wildman–Crippen MR) is 82.3 cm³/mol. The number of hydrogen-bond acceptors (Lipinski definition) is 2. The summed E-state index contributed by atoms with van der Waals surface area (Å²) in [6.45, 7) is 2.73. The molecule has 0 aliphatic heterocycles. The van der Waals surface area contributed by atoms with Crippen LogP contribution in [0.2, 0.25) is 0 Å². The zero-order chi connectivity index (χ0) is 15.7. The molecular weight excluding hydrogens is 268 g/mol. The van der Waals surface area contributed by atoms with Crippen molar-refractivity contribution in [1.82, 2.24) is 10.2 Å². The van der Waals surface area contributed by atoms with Gasteiger partial charge in [0.2, 0.25) is 0 Å². The molecular formula is C16H24N2O3. The first-order valence-corrected chi connectivity index (χ1v) is 7.33. The van der Waals surface area contributed by atoms with E-state index in [2.05, 4.69) is 12.2 Å². The molecule has 0 saturated carbocycles. The summed E-state index contributed by atoms with van der Waals surface area (Å²) in [6, 6.07) is 8.04. The molecule has 21 heavy (non-hydrogen) atoms. The van der Waals surface area contributed by atoms with Gasteiger partial charge in [-0.05, 0) is 12.0 Å². The normalized spacial score (nSPS) is 11.7. The minimum absolute atomic E-state index is 0.282. The maximum atomic E-state index is 12.0. The Balaban J connectivity index is 2.54. The van der Waals surface area contributed by atoms with Crippen LogP contribution >= 0.6 is 0 Å². The Bertz CT molecular complexity index is 448. The molecule has 0 saturated heterocycles. The highest BCUT2D eigenvalue weighted by atomic mass is 16.4. The van der Waals surface area contributed by atoms with Gasteiger partial charge in [-0.1, -0.05) is 50.1 Å². The number of nitrogens with one attached hydrogen (secondary N) is 1. The molecule has 1 rings (SSSR count). The monoisotopic (exact) mass is 292 g/mol. The number of aliphatic carboxylic acids is 1. The van der Waals surface area contributed by atoms with Crippen LogP contribution in [0.15, 0.2) is 30.3 Å². The van der Waals surface area contributed by atoms with Gasteiger partial charge in [-0.3, -0.25) is 0 Å². The van der Waals surface area contributed by atoms with Crippen LogP contribution in [0.25, 0.3) is 0 Å². The van der Waals surface area contributed by atoms with Gasteiger partial charge < -0.3 is 15.3 Å². The van der Waals surface area contributed by atoms with Gasteiger partial charge in [0.25, 0.3) is 0 Å². The van der Waals surface area contributed by atoms with Crippen molar-refractivity contribution in [3.8, 4) is 0 Å². The molecule has 2 amide bonds. The third kappa shape index (κ3) is 6.29. The van der Waals surface area contributed by atoms with Gasteiger partial charge in [0.1, 0.15) is 6.04 Å². The maximum Gasteiger partial charge on any atom is 0.326 e. The lowest BCUT2D eigenvalue weighted by atomic mass is 10.1. The van der Waals surface area contributed by atoms with Crippen molar-refractivity contribution < 1.29 is 14.7 Å². The largest absolute Gasteiger partial charge is 0.480 e. The Morgan fingerprint density at radius 2 is 1.90 bits per heavy atom. The first-order valence-electron chi connectivity index (χ1n) is 7.33. The minimum Gasteiger partial charge on any atom is -0.480 e. The predicted octanol–water partition coefficient (Wildman–Crippen LogP) is 2.51. The topological polar surface area (TPSA) is 69.6 Å². The van der Waals surface area contributed by atoms with Crippen molar-refractivity contribution in [2.75, 3.05) is 13.6 Å². The first kappa shape index (κ1) is 17.0. The molecule has 1 aromatic rings. The highest BCUT2D eigenvalue weighted by molar-refractivity contribution is 5.82. The third-order valence-electron chi connectivity index (χ3n) is 3.32. The van der Waals surface area contributed by atoms with E-state index in [0.29, 0.717) is 6.54 Å². The fraction of sp³-hybridized carbons (Fsp3) is 0.500. The minimum atomic E-state index is -1.02. The van der Waals surface area contributed by atoms with E-state index >= 15 is 0 Å². The van der Waals surface area contributed by atoms with Crippen LogP contribution in [-0.2, 0) is 11.2 Å². The fourth-order valence-corrected chi connectivity index (χ4v) is 2.01. The number of carboxylic acid groups (broad SMARTS) is 1. The van der Waals surface area contributed by atoms with Crippen molar-refractivity contribution in [2.45, 2.75) is 38.6 Å². The highest BCUT2D eigenvalue weighted by Gasteiger charge is 2.21. The summed E-state index contributed by atoms with van der Waals surface area (Å²) in [6.07, 6.45) is 3.35. The van der Waals surface area contributed by atoms with E-state index in [1.165, 1.54) is 4.90 Å². The number of unbranched alkanes of at least 4 members (excludes halogenated alkanes) is 2. The fourth-order valence-electron chi connectivity index (χ4n) is 2.01. The number of hydrogen-bond donors (Lipinski definition) is 2. The summed E-state index contributed by atoms with van der Waals surface area (Å²) in [5, 5.41) is 11.8. The molecule has 0 unspecified atom stereocenters. The molecule has 0 aliphatic carbocycles. The Labute approximate surface area is 126 Å². The Kier molecular flexibility index (Phi) is 7.29. The molecule has 116 valence electrons. The summed E-state index contributed by atoms with van der Waals surface area (Å²) in [5.41, 5.74) is 0.888. The van der Waals surface area contributed by atoms with Crippen LogP contribution in [0.1, 0.15) is 31.7 Å². The van der Waals surface area contributed by atoms with Gasteiger partial charge in [-0.2, -0.15) is 0 Å². The molecule has 0 aromatic heterocycles. The average molecular weight is 292 g/mol. The Morgan fingerprint density at radius 3 is 2.48 bits per heavy atom. The number of carbonyl (C=O) groups excluding carboxylic acids is 1. The molecule has 0 spiro atoms. The summed E-state index contributed by atoms with van der Waals surface area (Å²) >= 11 is 0. The highest BCUT2D eigenvalue weighted by Crippen LogP contribution is 2.04. The lowest BCUT2D eigenvalue weighted by molar-refractivity contribution is -0.139. The summed E-state index contributed by atoms with van der Waals surface area (Å²) < 4.78 is 0. The van der Waals surface area contributed by atoms with Crippen molar-refractivity contribution in [3.63, 3.8) is 0 Å². The first-order chi connectivity index (χ1) is 10.0. The van der Waals surface area contributed by atoms with E-state index < -0.39 is 12.0 Å². The second-order valence-electron chi connectivity index (χ2n) is 5.16. The maximum absolute atomic E-state index is 12.0. The molecule has 0 aliphatic rings. The SMILES string of the molecule is CCCCCN(C)C(=O)N[C@H](Cc1ccccc1)C(=O)O. The van der Waals surface area contributed by atoms with Crippen molar-refractivity contribution in [1.29, 1.82) is 0 Å². The van der Waals surface area contributed by atoms with Crippen LogP contribution in [0, 0.1) is 0 Å². The van der Waals surface area contributed by atoms with Crippen LogP contribution in [0.5, 0.6) is 0 Å². The molecule has 0 heterocycles. The van der Waals surface area contributed by atoms with Gasteiger partial charge in [0.15, 0.2) is 0 Å². The zero-order valence-corrected chi connectivity index (χ0v) is 12.7. The number of nitrogens with zero attached hydrogens (tertiary/aromatic N) is 1. The van der Waals surface area contributed by atoms with E-state index in [-0.39, 0.29) is 12.5 Å². The number of rotatable bonds is 8. The molecule has 0 bridgehead atoms. The van der Waals surface area contributed by atoms with Gasteiger partial charge in [-0.15, -0.1) is 0 Å². The van der Waals surface area contributed by atoms with Crippen molar-refractivity contribution in [3.05, 3.63) is 35.9 Å². The second kappa shape index (κ2) is 9.00.